The van der Waals surface area contributed by atoms with Crippen LogP contribution >= 0.6 is 0 Å². The van der Waals surface area contributed by atoms with Crippen molar-refractivity contribution < 1.29 is 24.0 Å². The van der Waals surface area contributed by atoms with Crippen molar-refractivity contribution in [1.82, 2.24) is 0 Å². The lowest BCUT2D eigenvalue weighted by Gasteiger charge is -2.32. The maximum atomic E-state index is 11.3. The molecular weight excluding hydrogens is 285 g/mol. The van der Waals surface area contributed by atoms with Crippen LogP contribution in [0.15, 0.2) is 18.2 Å². The predicted molar refractivity (Wildman–Crippen MR) is 83.4 cm³/mol. The highest BCUT2D eigenvalue weighted by atomic mass is 16.7. The van der Waals surface area contributed by atoms with E-state index in [1.165, 1.54) is 13.0 Å². The van der Waals surface area contributed by atoms with Crippen molar-refractivity contribution in [1.29, 1.82) is 0 Å². The topological polar surface area (TPSA) is 84.9 Å². The number of benzene rings is 1. The third-order valence-corrected chi connectivity index (χ3v) is 4.11. The number of carboxylic acid groups (broad SMARTS) is 1. The van der Waals surface area contributed by atoms with Gasteiger partial charge in [-0.3, -0.25) is 4.79 Å². The Labute approximate surface area is 129 Å². The maximum Gasteiger partial charge on any atom is 0.494 e. The normalized spacial score (nSPS) is 19.0. The molecule has 0 bridgehead atoms. The molecule has 1 saturated heterocycles. The Morgan fingerprint density at radius 2 is 1.68 bits per heavy atom. The second kappa shape index (κ2) is 5.41. The summed E-state index contributed by atoms with van der Waals surface area (Å²) in [5, 5.41) is 11.7. The largest absolute Gasteiger partial charge is 0.494 e. The minimum absolute atomic E-state index is 0.0236. The first-order valence-corrected chi connectivity index (χ1v) is 7.04. The molecule has 2 N–H and O–H groups in total. The van der Waals surface area contributed by atoms with Crippen molar-refractivity contribution in [2.24, 2.45) is 0 Å². The lowest BCUT2D eigenvalue weighted by atomic mass is 9.78. The van der Waals surface area contributed by atoms with E-state index in [2.05, 4.69) is 5.32 Å². The zero-order valence-corrected chi connectivity index (χ0v) is 13.4. The van der Waals surface area contributed by atoms with Crippen molar-refractivity contribution >= 4 is 30.1 Å². The van der Waals surface area contributed by atoms with Crippen LogP contribution in [0, 0.1) is 0 Å². The first kappa shape index (κ1) is 16.5. The lowest BCUT2D eigenvalue weighted by Crippen LogP contribution is -2.41. The van der Waals surface area contributed by atoms with Gasteiger partial charge in [-0.25, -0.2) is 4.79 Å². The number of carboxylic acids is 1. The molecule has 0 saturated carbocycles. The van der Waals surface area contributed by atoms with E-state index in [1.807, 2.05) is 27.7 Å². The molecule has 2 rings (SSSR count). The van der Waals surface area contributed by atoms with Gasteiger partial charge in [0.15, 0.2) is 0 Å². The van der Waals surface area contributed by atoms with Gasteiger partial charge in [0, 0.05) is 6.92 Å². The molecule has 1 heterocycles. The van der Waals surface area contributed by atoms with Crippen LogP contribution in [0.2, 0.25) is 0 Å². The quantitative estimate of drug-likeness (QED) is 0.829. The summed E-state index contributed by atoms with van der Waals surface area (Å²) in [6.07, 6.45) is 0. The molecule has 6 nitrogen and oxygen atoms in total. The third kappa shape index (κ3) is 3.00. The number of nitrogens with one attached hydrogen (secondary N) is 1. The number of aromatic carboxylic acids is 1. The molecule has 1 aliphatic heterocycles. The number of carbonyl (C=O) groups is 2. The van der Waals surface area contributed by atoms with Crippen molar-refractivity contribution in [3.05, 3.63) is 23.8 Å². The van der Waals surface area contributed by atoms with Crippen LogP contribution in [0.5, 0.6) is 0 Å². The SMILES string of the molecule is CC(=O)Nc1cc(B2OC(C)(C)C(C)(C)O2)ccc1C(=O)O. The zero-order valence-electron chi connectivity index (χ0n) is 13.4. The number of amides is 1. The fourth-order valence-electron chi connectivity index (χ4n) is 2.17. The van der Waals surface area contributed by atoms with E-state index in [-0.39, 0.29) is 17.2 Å². The Balaban J connectivity index is 2.38. The molecule has 1 aliphatic rings. The fourth-order valence-corrected chi connectivity index (χ4v) is 2.17. The summed E-state index contributed by atoms with van der Waals surface area (Å²) >= 11 is 0. The summed E-state index contributed by atoms with van der Waals surface area (Å²) in [5.41, 5.74) is -0.0655. The van der Waals surface area contributed by atoms with E-state index >= 15 is 0 Å². The van der Waals surface area contributed by atoms with E-state index in [9.17, 15) is 14.7 Å². The summed E-state index contributed by atoms with van der Waals surface area (Å²) in [7, 11) is -0.611. The van der Waals surface area contributed by atoms with Gasteiger partial charge in [0.05, 0.1) is 22.5 Å². The van der Waals surface area contributed by atoms with Crippen molar-refractivity contribution in [2.45, 2.75) is 45.8 Å². The second-order valence-electron chi connectivity index (χ2n) is 6.38. The van der Waals surface area contributed by atoms with Gasteiger partial charge in [0.2, 0.25) is 5.91 Å². The minimum atomic E-state index is -1.11. The summed E-state index contributed by atoms with van der Waals surface area (Å²) in [6, 6.07) is 4.65. The average molecular weight is 305 g/mol. The van der Waals surface area contributed by atoms with Crippen LogP contribution in [0.25, 0.3) is 0 Å². The van der Waals surface area contributed by atoms with Crippen LogP contribution in [0.1, 0.15) is 45.0 Å². The first-order valence-electron chi connectivity index (χ1n) is 7.04. The van der Waals surface area contributed by atoms with E-state index in [4.69, 9.17) is 9.31 Å². The van der Waals surface area contributed by atoms with E-state index in [1.54, 1.807) is 12.1 Å². The molecule has 0 aromatic heterocycles. The number of hydrogen-bond acceptors (Lipinski definition) is 4. The monoisotopic (exact) mass is 305 g/mol. The Morgan fingerprint density at radius 1 is 1.14 bits per heavy atom. The molecule has 0 atom stereocenters. The number of hydrogen-bond donors (Lipinski definition) is 2. The van der Waals surface area contributed by atoms with Crippen LogP contribution in [0.3, 0.4) is 0 Å². The second-order valence-corrected chi connectivity index (χ2v) is 6.38. The molecule has 1 aromatic carbocycles. The standard InChI is InChI=1S/C15H20BNO5/c1-9(18)17-12-8-10(6-7-11(12)13(19)20)16-21-14(2,3)15(4,5)22-16/h6-8H,1-5H3,(H,17,18)(H,19,20). The summed E-state index contributed by atoms with van der Waals surface area (Å²) in [6.45, 7) is 9.08. The molecule has 22 heavy (non-hydrogen) atoms. The van der Waals surface area contributed by atoms with Gasteiger partial charge < -0.3 is 19.7 Å². The molecule has 7 heteroatoms. The van der Waals surface area contributed by atoms with Gasteiger partial charge in [0.25, 0.3) is 0 Å². The Bertz CT molecular complexity index is 610. The van der Waals surface area contributed by atoms with E-state index < -0.39 is 24.3 Å². The molecule has 0 spiro atoms. The Kier molecular flexibility index (Phi) is 4.06. The van der Waals surface area contributed by atoms with Crippen molar-refractivity contribution in [3.8, 4) is 0 Å². The van der Waals surface area contributed by atoms with Gasteiger partial charge in [-0.15, -0.1) is 0 Å². The summed E-state index contributed by atoms with van der Waals surface area (Å²) in [4.78, 5) is 22.5. The molecule has 118 valence electrons. The van der Waals surface area contributed by atoms with Crippen LogP contribution in [-0.4, -0.2) is 35.3 Å². The van der Waals surface area contributed by atoms with Crippen LogP contribution in [-0.2, 0) is 14.1 Å². The molecule has 1 fully saturated rings. The van der Waals surface area contributed by atoms with Gasteiger partial charge >= 0.3 is 13.1 Å². The van der Waals surface area contributed by atoms with Crippen LogP contribution in [0.4, 0.5) is 5.69 Å². The van der Waals surface area contributed by atoms with Gasteiger partial charge in [-0.05, 0) is 45.3 Å². The fraction of sp³-hybridized carbons (Fsp3) is 0.467. The van der Waals surface area contributed by atoms with Gasteiger partial charge in [0.1, 0.15) is 0 Å². The lowest BCUT2D eigenvalue weighted by molar-refractivity contribution is -0.114. The zero-order chi connectivity index (χ0) is 16.7. The molecular formula is C15H20BNO5. The highest BCUT2D eigenvalue weighted by molar-refractivity contribution is 6.62. The van der Waals surface area contributed by atoms with Crippen molar-refractivity contribution in [3.63, 3.8) is 0 Å². The highest BCUT2D eigenvalue weighted by Crippen LogP contribution is 2.36. The Hall–Kier alpha value is -1.86. The van der Waals surface area contributed by atoms with E-state index in [0.717, 1.165) is 0 Å². The first-order chi connectivity index (χ1) is 10.0. The Morgan fingerprint density at radius 3 is 2.14 bits per heavy atom. The molecule has 1 aromatic rings. The average Bonchev–Trinajstić information content (AvgIpc) is 2.57. The number of carbonyl (C=O) groups excluding carboxylic acids is 1. The molecule has 0 aliphatic carbocycles. The van der Waals surface area contributed by atoms with Crippen molar-refractivity contribution in [2.75, 3.05) is 5.32 Å². The summed E-state index contributed by atoms with van der Waals surface area (Å²) < 4.78 is 11.9. The minimum Gasteiger partial charge on any atom is -0.478 e. The van der Waals surface area contributed by atoms with E-state index in [0.29, 0.717) is 5.46 Å². The highest BCUT2D eigenvalue weighted by Gasteiger charge is 2.51. The number of rotatable bonds is 3. The molecule has 0 radical (unpaired) electrons. The summed E-state index contributed by atoms with van der Waals surface area (Å²) in [5.74, 6) is -1.45. The smallest absolute Gasteiger partial charge is 0.478 e. The van der Waals surface area contributed by atoms with Gasteiger partial charge in [-0.1, -0.05) is 6.07 Å². The van der Waals surface area contributed by atoms with Gasteiger partial charge in [-0.2, -0.15) is 0 Å². The third-order valence-electron chi connectivity index (χ3n) is 4.11. The number of anilines is 1. The van der Waals surface area contributed by atoms with Crippen LogP contribution < -0.4 is 10.8 Å². The molecule has 0 unspecified atom stereocenters. The maximum absolute atomic E-state index is 11.3. The molecule has 1 amide bonds. The predicted octanol–water partition coefficient (Wildman–Crippen LogP) is 1.64.